The number of carbonyl (C=O) groups excluding carboxylic acids is 2. The van der Waals surface area contributed by atoms with Gasteiger partial charge in [-0.15, -0.1) is 0 Å². The van der Waals surface area contributed by atoms with Crippen LogP contribution in [0.15, 0.2) is 48.7 Å². The zero-order chi connectivity index (χ0) is 15.5. The Kier molecular flexibility index (Phi) is 3.96. The second kappa shape index (κ2) is 6.05. The molecule has 1 fully saturated rings. The zero-order valence-corrected chi connectivity index (χ0v) is 12.5. The molecule has 1 aliphatic heterocycles. The van der Waals surface area contributed by atoms with Crippen molar-refractivity contribution in [1.29, 1.82) is 0 Å². The smallest absolute Gasteiger partial charge is 0.267 e. The Hall–Kier alpha value is -2.56. The van der Waals surface area contributed by atoms with Crippen LogP contribution >= 0.6 is 0 Å². The number of rotatable bonds is 4. The molecule has 0 aliphatic carbocycles. The van der Waals surface area contributed by atoms with Gasteiger partial charge in [0.1, 0.15) is 5.69 Å². The summed E-state index contributed by atoms with van der Waals surface area (Å²) < 4.78 is 0. The van der Waals surface area contributed by atoms with E-state index in [1.54, 1.807) is 23.2 Å². The summed E-state index contributed by atoms with van der Waals surface area (Å²) in [5, 5.41) is 2.92. The Bertz CT molecular complexity index is 652. The maximum Gasteiger partial charge on any atom is 0.267 e. The number of hydrogen-bond donors (Lipinski definition) is 2. The summed E-state index contributed by atoms with van der Waals surface area (Å²) in [5.41, 5.74) is 1.64. The average molecular weight is 297 g/mol. The molecule has 5 heteroatoms. The lowest BCUT2D eigenvalue weighted by Crippen LogP contribution is -2.32. The number of carbonyl (C=O) groups is 2. The van der Waals surface area contributed by atoms with E-state index in [0.717, 1.165) is 5.56 Å². The first-order valence-electron chi connectivity index (χ1n) is 7.39. The molecule has 1 aliphatic rings. The fourth-order valence-electron chi connectivity index (χ4n) is 3.07. The standard InChI is InChI=1S/C17H19N3O2/c1-20-15(21)10-13(16(20)12-6-3-2-4-7-12)11-19-17(22)14-8-5-9-18-14/h2-9,13,16,18H,10-11H2,1H3,(H,19,22)/t13-,16-/m0/s1. The van der Waals surface area contributed by atoms with Crippen LogP contribution in [0.3, 0.4) is 0 Å². The molecule has 22 heavy (non-hydrogen) atoms. The van der Waals surface area contributed by atoms with Crippen molar-refractivity contribution in [3.05, 3.63) is 59.9 Å². The van der Waals surface area contributed by atoms with Crippen molar-refractivity contribution in [3.8, 4) is 0 Å². The molecule has 2 amide bonds. The quantitative estimate of drug-likeness (QED) is 0.906. The van der Waals surface area contributed by atoms with Gasteiger partial charge in [0.25, 0.3) is 5.91 Å². The van der Waals surface area contributed by atoms with Gasteiger partial charge in [-0.1, -0.05) is 30.3 Å². The van der Waals surface area contributed by atoms with Gasteiger partial charge in [-0.3, -0.25) is 9.59 Å². The van der Waals surface area contributed by atoms with E-state index in [1.807, 2.05) is 37.4 Å². The summed E-state index contributed by atoms with van der Waals surface area (Å²) in [6.45, 7) is 0.480. The lowest BCUT2D eigenvalue weighted by atomic mass is 9.93. The number of aromatic nitrogens is 1. The molecule has 0 radical (unpaired) electrons. The SMILES string of the molecule is CN1C(=O)C[C@@H](CNC(=O)c2ccc[nH]2)[C@@H]1c1ccccc1. The van der Waals surface area contributed by atoms with E-state index in [0.29, 0.717) is 18.7 Å². The van der Waals surface area contributed by atoms with Gasteiger partial charge in [-0.05, 0) is 17.7 Å². The van der Waals surface area contributed by atoms with Crippen LogP contribution in [0.2, 0.25) is 0 Å². The Morgan fingerprint density at radius 2 is 2.05 bits per heavy atom. The molecule has 2 heterocycles. The number of aromatic amines is 1. The van der Waals surface area contributed by atoms with Gasteiger partial charge in [0.15, 0.2) is 0 Å². The van der Waals surface area contributed by atoms with Crippen LogP contribution in [-0.4, -0.2) is 35.3 Å². The van der Waals surface area contributed by atoms with Gasteiger partial charge in [0.05, 0.1) is 6.04 Å². The number of H-pyrrole nitrogens is 1. The molecular weight excluding hydrogens is 278 g/mol. The van der Waals surface area contributed by atoms with Gasteiger partial charge < -0.3 is 15.2 Å². The normalized spacial score (nSPS) is 21.1. The summed E-state index contributed by atoms with van der Waals surface area (Å²) in [4.78, 5) is 28.7. The Labute approximate surface area is 129 Å². The second-order valence-electron chi connectivity index (χ2n) is 5.62. The third kappa shape index (κ3) is 2.74. The van der Waals surface area contributed by atoms with Gasteiger partial charge in [0.2, 0.25) is 5.91 Å². The summed E-state index contributed by atoms with van der Waals surface area (Å²) >= 11 is 0. The van der Waals surface area contributed by atoms with E-state index >= 15 is 0 Å². The van der Waals surface area contributed by atoms with Crippen LogP contribution in [0.1, 0.15) is 28.5 Å². The second-order valence-corrected chi connectivity index (χ2v) is 5.62. The first-order valence-corrected chi connectivity index (χ1v) is 7.39. The monoisotopic (exact) mass is 297 g/mol. The number of nitrogens with zero attached hydrogens (tertiary/aromatic N) is 1. The molecular formula is C17H19N3O2. The summed E-state index contributed by atoms with van der Waals surface area (Å²) in [5.74, 6) is 0.0607. The minimum atomic E-state index is -0.140. The minimum absolute atomic E-state index is 0.0117. The maximum absolute atomic E-state index is 12.0. The van der Waals surface area contributed by atoms with Crippen LogP contribution in [0.25, 0.3) is 0 Å². The molecule has 2 N–H and O–H groups in total. The minimum Gasteiger partial charge on any atom is -0.357 e. The first kappa shape index (κ1) is 14.4. The third-order valence-electron chi connectivity index (χ3n) is 4.20. The van der Waals surface area contributed by atoms with Crippen LogP contribution in [-0.2, 0) is 4.79 Å². The van der Waals surface area contributed by atoms with Gasteiger partial charge >= 0.3 is 0 Å². The van der Waals surface area contributed by atoms with Crippen molar-refractivity contribution >= 4 is 11.8 Å². The van der Waals surface area contributed by atoms with Crippen LogP contribution < -0.4 is 5.32 Å². The molecule has 0 saturated carbocycles. The van der Waals surface area contributed by atoms with Crippen molar-refractivity contribution in [2.24, 2.45) is 5.92 Å². The number of likely N-dealkylation sites (tertiary alicyclic amines) is 1. The highest BCUT2D eigenvalue weighted by atomic mass is 16.2. The lowest BCUT2D eigenvalue weighted by molar-refractivity contribution is -0.127. The number of amides is 2. The maximum atomic E-state index is 12.0. The van der Waals surface area contributed by atoms with Crippen molar-refractivity contribution in [1.82, 2.24) is 15.2 Å². The van der Waals surface area contributed by atoms with Gasteiger partial charge in [-0.25, -0.2) is 0 Å². The highest BCUT2D eigenvalue weighted by molar-refractivity contribution is 5.92. The van der Waals surface area contributed by atoms with Crippen molar-refractivity contribution < 1.29 is 9.59 Å². The first-order chi connectivity index (χ1) is 10.7. The molecule has 3 rings (SSSR count). The van der Waals surface area contributed by atoms with Crippen LogP contribution in [0, 0.1) is 5.92 Å². The fourth-order valence-corrected chi connectivity index (χ4v) is 3.07. The molecule has 1 aromatic carbocycles. The van der Waals surface area contributed by atoms with E-state index < -0.39 is 0 Å². The number of nitrogens with one attached hydrogen (secondary N) is 2. The molecule has 114 valence electrons. The molecule has 2 aromatic rings. The topological polar surface area (TPSA) is 65.2 Å². The average Bonchev–Trinajstić information content (AvgIpc) is 3.15. The predicted molar refractivity (Wildman–Crippen MR) is 83.2 cm³/mol. The molecule has 0 bridgehead atoms. The summed E-state index contributed by atoms with van der Waals surface area (Å²) in [6.07, 6.45) is 2.18. The molecule has 0 spiro atoms. The van der Waals surface area contributed by atoms with Crippen molar-refractivity contribution in [3.63, 3.8) is 0 Å². The number of hydrogen-bond acceptors (Lipinski definition) is 2. The number of benzene rings is 1. The van der Waals surface area contributed by atoms with E-state index in [9.17, 15) is 9.59 Å². The molecule has 1 aromatic heterocycles. The molecule has 2 atom stereocenters. The molecule has 1 saturated heterocycles. The predicted octanol–water partition coefficient (Wildman–Crippen LogP) is 1.96. The van der Waals surface area contributed by atoms with E-state index in [1.165, 1.54) is 0 Å². The largest absolute Gasteiger partial charge is 0.357 e. The van der Waals surface area contributed by atoms with Gasteiger partial charge in [0, 0.05) is 32.1 Å². The Balaban J connectivity index is 1.71. The summed E-state index contributed by atoms with van der Waals surface area (Å²) in [6, 6.07) is 13.5. The Morgan fingerprint density at radius 1 is 1.27 bits per heavy atom. The van der Waals surface area contributed by atoms with Gasteiger partial charge in [-0.2, -0.15) is 0 Å². The molecule has 0 unspecified atom stereocenters. The van der Waals surface area contributed by atoms with Crippen LogP contribution in [0.5, 0.6) is 0 Å². The molecule has 5 nitrogen and oxygen atoms in total. The highest BCUT2D eigenvalue weighted by Gasteiger charge is 2.38. The lowest BCUT2D eigenvalue weighted by Gasteiger charge is -2.25. The summed E-state index contributed by atoms with van der Waals surface area (Å²) in [7, 11) is 1.83. The third-order valence-corrected chi connectivity index (χ3v) is 4.20. The zero-order valence-electron chi connectivity index (χ0n) is 12.5. The van der Waals surface area contributed by atoms with Crippen molar-refractivity contribution in [2.75, 3.05) is 13.6 Å². The van der Waals surface area contributed by atoms with E-state index in [-0.39, 0.29) is 23.8 Å². The Morgan fingerprint density at radius 3 is 2.73 bits per heavy atom. The fraction of sp³-hybridized carbons (Fsp3) is 0.294. The highest BCUT2D eigenvalue weighted by Crippen LogP contribution is 2.36. The van der Waals surface area contributed by atoms with E-state index in [2.05, 4.69) is 10.3 Å². The van der Waals surface area contributed by atoms with Crippen molar-refractivity contribution in [2.45, 2.75) is 12.5 Å². The van der Waals surface area contributed by atoms with E-state index in [4.69, 9.17) is 0 Å². The van der Waals surface area contributed by atoms with Crippen LogP contribution in [0.4, 0.5) is 0 Å².